The van der Waals surface area contributed by atoms with Crippen molar-refractivity contribution in [1.82, 2.24) is 15.1 Å². The topological polar surface area (TPSA) is 39.1 Å². The van der Waals surface area contributed by atoms with Crippen LogP contribution in [0.2, 0.25) is 0 Å². The molecule has 0 amide bonds. The van der Waals surface area contributed by atoms with Crippen molar-refractivity contribution in [3.05, 3.63) is 41.7 Å². The smallest absolute Gasteiger partial charge is 0.119 e. The second-order valence-electron chi connectivity index (χ2n) is 5.60. The van der Waals surface area contributed by atoms with E-state index in [9.17, 15) is 0 Å². The summed E-state index contributed by atoms with van der Waals surface area (Å²) in [6.07, 6.45) is 5.28. The van der Waals surface area contributed by atoms with Gasteiger partial charge in [-0.15, -0.1) is 11.8 Å². The van der Waals surface area contributed by atoms with Crippen LogP contribution in [0.3, 0.4) is 0 Å². The average molecular weight is 317 g/mol. The van der Waals surface area contributed by atoms with Gasteiger partial charge in [0.2, 0.25) is 0 Å². The predicted molar refractivity (Wildman–Crippen MR) is 90.6 cm³/mol. The predicted octanol–water partition coefficient (Wildman–Crippen LogP) is 3.19. The molecule has 1 aliphatic heterocycles. The van der Waals surface area contributed by atoms with E-state index < -0.39 is 0 Å². The van der Waals surface area contributed by atoms with Crippen LogP contribution >= 0.6 is 11.8 Å². The summed E-state index contributed by atoms with van der Waals surface area (Å²) in [4.78, 5) is 1.39. The summed E-state index contributed by atoms with van der Waals surface area (Å²) in [5.74, 6) is 2.14. The van der Waals surface area contributed by atoms with E-state index in [0.717, 1.165) is 18.7 Å². The number of hydrogen-bond acceptors (Lipinski definition) is 4. The van der Waals surface area contributed by atoms with Gasteiger partial charge in [-0.25, -0.2) is 0 Å². The van der Waals surface area contributed by atoms with Crippen LogP contribution in [0.4, 0.5) is 0 Å². The molecule has 0 saturated carbocycles. The number of fused-ring (bicyclic) bond motifs is 1. The van der Waals surface area contributed by atoms with Gasteiger partial charge in [-0.1, -0.05) is 0 Å². The van der Waals surface area contributed by atoms with Gasteiger partial charge in [0.15, 0.2) is 0 Å². The highest BCUT2D eigenvalue weighted by molar-refractivity contribution is 7.99. The van der Waals surface area contributed by atoms with E-state index in [2.05, 4.69) is 34.7 Å². The van der Waals surface area contributed by atoms with Crippen molar-refractivity contribution in [2.75, 3.05) is 19.4 Å². The Morgan fingerprint density at radius 1 is 1.41 bits per heavy atom. The van der Waals surface area contributed by atoms with Crippen molar-refractivity contribution in [1.29, 1.82) is 0 Å². The first-order chi connectivity index (χ1) is 10.8. The summed E-state index contributed by atoms with van der Waals surface area (Å²) in [5, 5.41) is 7.95. The monoisotopic (exact) mass is 317 g/mol. The van der Waals surface area contributed by atoms with Gasteiger partial charge in [-0.05, 0) is 48.4 Å². The normalized spacial score (nSPS) is 17.8. The average Bonchev–Trinajstić information content (AvgIpc) is 2.83. The molecule has 0 saturated heterocycles. The number of thioether (sulfide) groups is 1. The third kappa shape index (κ3) is 3.47. The molecule has 5 heteroatoms. The molecule has 0 fully saturated rings. The summed E-state index contributed by atoms with van der Waals surface area (Å²) in [6.45, 7) is 0.964. The fourth-order valence-corrected chi connectivity index (χ4v) is 3.98. The largest absolute Gasteiger partial charge is 0.497 e. The van der Waals surface area contributed by atoms with Crippen molar-refractivity contribution < 1.29 is 4.74 Å². The van der Waals surface area contributed by atoms with E-state index >= 15 is 0 Å². The Balaban J connectivity index is 1.69. The van der Waals surface area contributed by atoms with Crippen molar-refractivity contribution in [3.63, 3.8) is 0 Å². The first-order valence-electron chi connectivity index (χ1n) is 7.79. The van der Waals surface area contributed by atoms with Gasteiger partial charge in [0.05, 0.1) is 7.11 Å². The van der Waals surface area contributed by atoms with E-state index in [1.807, 2.05) is 29.7 Å². The molecule has 22 heavy (non-hydrogen) atoms. The van der Waals surface area contributed by atoms with Gasteiger partial charge in [0.1, 0.15) is 5.75 Å². The summed E-state index contributed by atoms with van der Waals surface area (Å²) in [7, 11) is 3.73. The highest BCUT2D eigenvalue weighted by Crippen LogP contribution is 2.36. The van der Waals surface area contributed by atoms with E-state index in [0.29, 0.717) is 6.04 Å². The molecule has 1 aliphatic rings. The number of rotatable bonds is 5. The first kappa shape index (κ1) is 15.4. The van der Waals surface area contributed by atoms with E-state index in [1.165, 1.54) is 34.7 Å². The summed E-state index contributed by atoms with van der Waals surface area (Å²) in [6, 6.07) is 8.94. The van der Waals surface area contributed by atoms with Gasteiger partial charge in [0.25, 0.3) is 0 Å². The Kier molecular flexibility index (Phi) is 5.05. The summed E-state index contributed by atoms with van der Waals surface area (Å²) >= 11 is 1.96. The van der Waals surface area contributed by atoms with Gasteiger partial charge >= 0.3 is 0 Å². The minimum absolute atomic E-state index is 0.410. The van der Waals surface area contributed by atoms with Gasteiger partial charge in [-0.2, -0.15) is 5.10 Å². The molecule has 0 bridgehead atoms. The molecule has 2 heterocycles. The number of aryl methyl sites for hydroxylation is 1. The van der Waals surface area contributed by atoms with Crippen LogP contribution < -0.4 is 10.1 Å². The lowest BCUT2D eigenvalue weighted by Crippen LogP contribution is -2.24. The Labute approximate surface area is 136 Å². The highest BCUT2D eigenvalue weighted by Gasteiger charge is 2.19. The molecule has 0 radical (unpaired) electrons. The minimum Gasteiger partial charge on any atom is -0.497 e. The Hall–Kier alpha value is -1.46. The van der Waals surface area contributed by atoms with Crippen LogP contribution in [0.25, 0.3) is 0 Å². The fraction of sp³-hybridized carbons (Fsp3) is 0.471. The maximum Gasteiger partial charge on any atom is 0.119 e. The number of nitrogens with zero attached hydrogens (tertiary/aromatic N) is 2. The molecule has 118 valence electrons. The van der Waals surface area contributed by atoms with Crippen molar-refractivity contribution in [3.8, 4) is 5.75 Å². The van der Waals surface area contributed by atoms with Crippen molar-refractivity contribution in [2.45, 2.75) is 30.2 Å². The molecular weight excluding hydrogens is 294 g/mol. The van der Waals surface area contributed by atoms with Crippen molar-refractivity contribution >= 4 is 11.8 Å². The lowest BCUT2D eigenvalue weighted by molar-refractivity contribution is 0.411. The quantitative estimate of drug-likeness (QED) is 0.919. The molecule has 1 N–H and O–H groups in total. The number of aromatic nitrogens is 2. The van der Waals surface area contributed by atoms with Crippen LogP contribution in [0.15, 0.2) is 35.4 Å². The molecular formula is C17H23N3OS. The van der Waals surface area contributed by atoms with Crippen LogP contribution in [0.5, 0.6) is 5.75 Å². The third-order valence-corrected chi connectivity index (χ3v) is 5.36. The third-order valence-electron chi connectivity index (χ3n) is 4.18. The maximum absolute atomic E-state index is 5.40. The lowest BCUT2D eigenvalue weighted by Gasteiger charge is -2.20. The van der Waals surface area contributed by atoms with Gasteiger partial charge in [0, 0.05) is 42.8 Å². The van der Waals surface area contributed by atoms with Crippen molar-refractivity contribution in [2.24, 2.45) is 7.05 Å². The lowest BCUT2D eigenvalue weighted by atomic mass is 10.0. The van der Waals surface area contributed by atoms with E-state index in [4.69, 9.17) is 4.74 Å². The molecule has 0 spiro atoms. The molecule has 0 unspecified atom stereocenters. The Bertz CT molecular complexity index is 626. The SMILES string of the molecule is COc1ccc2c(c1)[C@H](NCCc1ccnn1C)CCCS2. The second kappa shape index (κ2) is 7.20. The number of ether oxygens (including phenoxy) is 1. The summed E-state index contributed by atoms with van der Waals surface area (Å²) in [5.41, 5.74) is 2.65. The Morgan fingerprint density at radius 2 is 2.32 bits per heavy atom. The Morgan fingerprint density at radius 3 is 3.09 bits per heavy atom. The summed E-state index contributed by atoms with van der Waals surface area (Å²) < 4.78 is 7.35. The zero-order valence-corrected chi connectivity index (χ0v) is 14.0. The maximum atomic E-state index is 5.40. The van der Waals surface area contributed by atoms with Crippen LogP contribution in [0.1, 0.15) is 30.1 Å². The second-order valence-corrected chi connectivity index (χ2v) is 6.73. The number of nitrogens with one attached hydrogen (secondary N) is 1. The van der Waals surface area contributed by atoms with Crippen LogP contribution in [-0.2, 0) is 13.5 Å². The molecule has 3 rings (SSSR count). The van der Waals surface area contributed by atoms with Gasteiger partial charge in [-0.3, -0.25) is 4.68 Å². The van der Waals surface area contributed by atoms with E-state index in [-0.39, 0.29) is 0 Å². The molecule has 0 aliphatic carbocycles. The number of methoxy groups -OCH3 is 1. The molecule has 1 atom stereocenters. The fourth-order valence-electron chi connectivity index (χ4n) is 2.92. The molecule has 2 aromatic rings. The van der Waals surface area contributed by atoms with Crippen LogP contribution in [-0.4, -0.2) is 29.2 Å². The zero-order valence-electron chi connectivity index (χ0n) is 13.2. The number of hydrogen-bond donors (Lipinski definition) is 1. The standard InChI is InChI=1S/C17H23N3OS/c1-20-13(8-10-19-20)7-9-18-16-4-3-11-22-17-6-5-14(21-2)12-15(16)17/h5-6,8,10,12,16,18H,3-4,7,9,11H2,1-2H3/t16-/m1/s1. The van der Waals surface area contributed by atoms with Crippen LogP contribution in [0, 0.1) is 0 Å². The molecule has 1 aromatic heterocycles. The zero-order chi connectivity index (χ0) is 15.4. The molecule has 1 aromatic carbocycles. The van der Waals surface area contributed by atoms with Gasteiger partial charge < -0.3 is 10.1 Å². The minimum atomic E-state index is 0.410. The number of benzene rings is 1. The highest BCUT2D eigenvalue weighted by atomic mass is 32.2. The van der Waals surface area contributed by atoms with E-state index in [1.54, 1.807) is 7.11 Å². The first-order valence-corrected chi connectivity index (χ1v) is 8.77. The molecule has 4 nitrogen and oxygen atoms in total.